The van der Waals surface area contributed by atoms with Crippen LogP contribution in [0.3, 0.4) is 0 Å². The molecule has 0 amide bonds. The Morgan fingerprint density at radius 3 is 2.37 bits per heavy atom. The number of hydrogen-bond acceptors (Lipinski definition) is 7. The standard InChI is InChI=1S/C26H22FN5O2S/c1-3-33-20-15-13-18(14-16-20)23-28-31-26(32(23)22-12-8-7-11-21(22)27)35-17(2)24-29-30-25(34-24)19-9-5-4-6-10-19/h4-17H,3H2,1-2H3/t17-/m1/s1. The number of para-hydroxylation sites is 1. The maximum Gasteiger partial charge on any atom is 0.247 e. The van der Waals surface area contributed by atoms with E-state index in [0.29, 0.717) is 35.1 Å². The summed E-state index contributed by atoms with van der Waals surface area (Å²) in [5.41, 5.74) is 1.98. The van der Waals surface area contributed by atoms with Crippen molar-refractivity contribution in [3.63, 3.8) is 0 Å². The Labute approximate surface area is 206 Å². The predicted molar refractivity (Wildman–Crippen MR) is 132 cm³/mol. The predicted octanol–water partition coefficient (Wildman–Crippen LogP) is 6.38. The van der Waals surface area contributed by atoms with Crippen LogP contribution in [0.15, 0.2) is 88.4 Å². The average molecular weight is 488 g/mol. The number of hydrogen-bond donors (Lipinski definition) is 0. The third-order valence-electron chi connectivity index (χ3n) is 5.24. The summed E-state index contributed by atoms with van der Waals surface area (Å²) >= 11 is 1.36. The molecular weight excluding hydrogens is 465 g/mol. The lowest BCUT2D eigenvalue weighted by atomic mass is 10.2. The van der Waals surface area contributed by atoms with Gasteiger partial charge in [0.25, 0.3) is 0 Å². The van der Waals surface area contributed by atoms with Crippen LogP contribution in [0.2, 0.25) is 0 Å². The van der Waals surface area contributed by atoms with Crippen molar-refractivity contribution in [2.75, 3.05) is 6.61 Å². The quantitative estimate of drug-likeness (QED) is 0.235. The van der Waals surface area contributed by atoms with Crippen molar-refractivity contribution in [2.24, 2.45) is 0 Å². The second-order valence-corrected chi connectivity index (χ2v) is 8.93. The fourth-order valence-corrected chi connectivity index (χ4v) is 4.45. The zero-order chi connectivity index (χ0) is 24.2. The maximum absolute atomic E-state index is 14.9. The van der Waals surface area contributed by atoms with Crippen LogP contribution < -0.4 is 4.74 Å². The maximum atomic E-state index is 14.9. The monoisotopic (exact) mass is 487 g/mol. The van der Waals surface area contributed by atoms with Crippen LogP contribution in [-0.4, -0.2) is 31.6 Å². The Hall–Kier alpha value is -3.98. The first-order chi connectivity index (χ1) is 17.1. The molecule has 0 unspecified atom stereocenters. The molecular formula is C26H22FN5O2S. The van der Waals surface area contributed by atoms with Crippen LogP contribution in [0.1, 0.15) is 25.0 Å². The van der Waals surface area contributed by atoms with Crippen molar-refractivity contribution in [3.05, 3.63) is 90.6 Å². The lowest BCUT2D eigenvalue weighted by molar-refractivity contribution is 0.340. The molecule has 9 heteroatoms. The normalized spacial score (nSPS) is 12.0. The van der Waals surface area contributed by atoms with E-state index in [9.17, 15) is 4.39 Å². The summed E-state index contributed by atoms with van der Waals surface area (Å²) in [5, 5.41) is 17.4. The minimum Gasteiger partial charge on any atom is -0.494 e. The summed E-state index contributed by atoms with van der Waals surface area (Å²) in [4.78, 5) is 0. The molecule has 0 bridgehead atoms. The number of thioether (sulfide) groups is 1. The summed E-state index contributed by atoms with van der Waals surface area (Å²) in [7, 11) is 0. The first-order valence-corrected chi connectivity index (χ1v) is 12.0. The first-order valence-electron chi connectivity index (χ1n) is 11.1. The largest absolute Gasteiger partial charge is 0.494 e. The van der Waals surface area contributed by atoms with Crippen LogP contribution in [0.5, 0.6) is 5.75 Å². The highest BCUT2D eigenvalue weighted by Crippen LogP contribution is 2.37. The van der Waals surface area contributed by atoms with E-state index < -0.39 is 0 Å². The van der Waals surface area contributed by atoms with E-state index >= 15 is 0 Å². The van der Waals surface area contributed by atoms with Gasteiger partial charge >= 0.3 is 0 Å². The zero-order valence-corrected chi connectivity index (χ0v) is 19.9. The Morgan fingerprint density at radius 2 is 1.63 bits per heavy atom. The molecule has 2 aromatic heterocycles. The highest BCUT2D eigenvalue weighted by Gasteiger charge is 2.23. The van der Waals surface area contributed by atoms with E-state index in [1.165, 1.54) is 17.8 Å². The Morgan fingerprint density at radius 1 is 0.886 bits per heavy atom. The van der Waals surface area contributed by atoms with Gasteiger partial charge in [0.2, 0.25) is 11.8 Å². The van der Waals surface area contributed by atoms with Gasteiger partial charge in [-0.05, 0) is 62.4 Å². The molecule has 35 heavy (non-hydrogen) atoms. The summed E-state index contributed by atoms with van der Waals surface area (Å²) in [6.07, 6.45) is 0. The highest BCUT2D eigenvalue weighted by molar-refractivity contribution is 7.99. The number of halogens is 1. The van der Waals surface area contributed by atoms with E-state index in [-0.39, 0.29) is 11.1 Å². The first kappa shape index (κ1) is 22.8. The molecule has 0 spiro atoms. The summed E-state index contributed by atoms with van der Waals surface area (Å²) in [6, 6.07) is 23.6. The second kappa shape index (κ2) is 10.1. The molecule has 0 fully saturated rings. The van der Waals surface area contributed by atoms with Gasteiger partial charge in [-0.2, -0.15) is 0 Å². The van der Waals surface area contributed by atoms with Gasteiger partial charge in [-0.25, -0.2) is 4.39 Å². The third kappa shape index (κ3) is 4.81. The Kier molecular flexibility index (Phi) is 6.58. The lowest BCUT2D eigenvalue weighted by Gasteiger charge is -2.13. The molecule has 7 nitrogen and oxygen atoms in total. The van der Waals surface area contributed by atoms with Crippen molar-refractivity contribution in [1.29, 1.82) is 0 Å². The van der Waals surface area contributed by atoms with Gasteiger partial charge in [0.05, 0.1) is 17.5 Å². The van der Waals surface area contributed by atoms with Crippen molar-refractivity contribution in [1.82, 2.24) is 25.0 Å². The fraction of sp³-hybridized carbons (Fsp3) is 0.154. The molecule has 176 valence electrons. The molecule has 5 aromatic rings. The molecule has 2 heterocycles. The van der Waals surface area contributed by atoms with Gasteiger partial charge in [-0.1, -0.05) is 42.1 Å². The van der Waals surface area contributed by atoms with Crippen LogP contribution in [-0.2, 0) is 0 Å². The number of benzene rings is 3. The van der Waals surface area contributed by atoms with Gasteiger partial charge in [0, 0.05) is 11.1 Å². The zero-order valence-electron chi connectivity index (χ0n) is 19.1. The van der Waals surface area contributed by atoms with Gasteiger partial charge in [0.1, 0.15) is 11.6 Å². The van der Waals surface area contributed by atoms with Gasteiger partial charge in [0.15, 0.2) is 11.0 Å². The summed E-state index contributed by atoms with van der Waals surface area (Å²) in [6.45, 7) is 4.44. The van der Waals surface area contributed by atoms with Crippen LogP contribution in [0, 0.1) is 5.82 Å². The summed E-state index contributed by atoms with van der Waals surface area (Å²) in [5.74, 6) is 1.78. The van der Waals surface area contributed by atoms with Crippen LogP contribution in [0.25, 0.3) is 28.5 Å². The molecule has 0 saturated heterocycles. The van der Waals surface area contributed by atoms with Gasteiger partial charge in [-0.15, -0.1) is 20.4 Å². The van der Waals surface area contributed by atoms with Gasteiger partial charge < -0.3 is 9.15 Å². The summed E-state index contributed by atoms with van der Waals surface area (Å²) < 4.78 is 28.1. The number of nitrogens with zero attached hydrogens (tertiary/aromatic N) is 5. The fourth-order valence-electron chi connectivity index (χ4n) is 3.56. The minimum absolute atomic E-state index is 0.247. The van der Waals surface area contributed by atoms with Crippen LogP contribution in [0.4, 0.5) is 4.39 Å². The van der Waals surface area contributed by atoms with Crippen molar-refractivity contribution in [2.45, 2.75) is 24.3 Å². The molecule has 3 aromatic carbocycles. The molecule has 0 saturated carbocycles. The van der Waals surface area contributed by atoms with Crippen molar-refractivity contribution in [3.8, 4) is 34.3 Å². The third-order valence-corrected chi connectivity index (χ3v) is 6.27. The molecule has 0 aliphatic heterocycles. The van der Waals surface area contributed by atoms with E-state index in [1.807, 2.05) is 68.4 Å². The van der Waals surface area contributed by atoms with Crippen molar-refractivity contribution < 1.29 is 13.5 Å². The number of aromatic nitrogens is 5. The molecule has 0 radical (unpaired) electrons. The van der Waals surface area contributed by atoms with Crippen LogP contribution >= 0.6 is 11.8 Å². The van der Waals surface area contributed by atoms with Gasteiger partial charge in [-0.3, -0.25) is 4.57 Å². The van der Waals surface area contributed by atoms with Crippen molar-refractivity contribution >= 4 is 11.8 Å². The average Bonchev–Trinajstić information content (AvgIpc) is 3.54. The smallest absolute Gasteiger partial charge is 0.247 e. The highest BCUT2D eigenvalue weighted by atomic mass is 32.2. The minimum atomic E-state index is -0.377. The topological polar surface area (TPSA) is 78.9 Å². The SMILES string of the molecule is CCOc1ccc(-c2nnc(S[C@H](C)c3nnc(-c4ccccc4)o3)n2-c2ccccc2F)cc1. The van der Waals surface area contributed by atoms with E-state index in [0.717, 1.165) is 16.9 Å². The molecule has 0 aliphatic carbocycles. The second-order valence-electron chi connectivity index (χ2n) is 7.62. The van der Waals surface area contributed by atoms with E-state index in [4.69, 9.17) is 9.15 Å². The molecule has 0 N–H and O–H groups in total. The number of rotatable bonds is 8. The van der Waals surface area contributed by atoms with E-state index in [1.54, 1.807) is 22.8 Å². The van der Waals surface area contributed by atoms with E-state index in [2.05, 4.69) is 20.4 Å². The molecule has 1 atom stereocenters. The Bertz CT molecular complexity index is 1420. The molecule has 5 rings (SSSR count). The molecule has 0 aliphatic rings. The lowest BCUT2D eigenvalue weighted by Crippen LogP contribution is -2.03. The Balaban J connectivity index is 1.49. The number of ether oxygens (including phenoxy) is 1.